The van der Waals surface area contributed by atoms with Gasteiger partial charge in [0.15, 0.2) is 5.16 Å². The Bertz CT molecular complexity index is 713. The molecule has 2 aromatic heterocycles. The number of pyridine rings is 1. The number of aromatic nitrogens is 4. The number of thioether (sulfide) groups is 1. The molecule has 0 aromatic carbocycles. The van der Waals surface area contributed by atoms with Crippen LogP contribution >= 0.6 is 11.8 Å². The van der Waals surface area contributed by atoms with E-state index in [-0.39, 0.29) is 0 Å². The quantitative estimate of drug-likeness (QED) is 0.765. The molecule has 7 nitrogen and oxygen atoms in total. The van der Waals surface area contributed by atoms with Crippen LogP contribution in [0.1, 0.15) is 16.8 Å². The first-order valence-corrected chi connectivity index (χ1v) is 8.94. The highest BCUT2D eigenvalue weighted by Gasteiger charge is 2.19. The van der Waals surface area contributed by atoms with Crippen LogP contribution in [0.5, 0.6) is 5.75 Å². The van der Waals surface area contributed by atoms with Crippen LogP contribution in [0.3, 0.4) is 0 Å². The Balaban J connectivity index is 1.72. The highest BCUT2D eigenvalue weighted by molar-refractivity contribution is 7.98. The number of morpholine rings is 1. The predicted molar refractivity (Wildman–Crippen MR) is 93.9 cm³/mol. The molecule has 1 aliphatic rings. The third-order valence-corrected chi connectivity index (χ3v) is 5.23. The van der Waals surface area contributed by atoms with Gasteiger partial charge in [-0.25, -0.2) is 0 Å². The Morgan fingerprint density at radius 2 is 2.00 bits per heavy atom. The van der Waals surface area contributed by atoms with E-state index in [1.807, 2.05) is 31.7 Å². The summed E-state index contributed by atoms with van der Waals surface area (Å²) in [6.45, 7) is 7.24. The fourth-order valence-electron chi connectivity index (χ4n) is 2.82. The minimum absolute atomic E-state index is 0.734. The van der Waals surface area contributed by atoms with Gasteiger partial charge >= 0.3 is 0 Å². The molecule has 0 bridgehead atoms. The van der Waals surface area contributed by atoms with Crippen molar-refractivity contribution in [2.24, 2.45) is 7.05 Å². The van der Waals surface area contributed by atoms with Crippen LogP contribution in [0, 0.1) is 13.8 Å². The van der Waals surface area contributed by atoms with Crippen LogP contribution < -0.4 is 9.64 Å². The predicted octanol–water partition coefficient (Wildman–Crippen LogP) is 1.96. The number of anilines is 1. The second-order valence-corrected chi connectivity index (χ2v) is 6.72. The molecular formula is C16H23N5O2S. The zero-order chi connectivity index (χ0) is 17.1. The minimum atomic E-state index is 0.734. The fourth-order valence-corrected chi connectivity index (χ4v) is 3.75. The highest BCUT2D eigenvalue weighted by Crippen LogP contribution is 2.29. The SMILES string of the molecule is COc1c(C)cnc(CSc2nnc(N3CCOCC3)n2C)c1C. The molecule has 1 fully saturated rings. The molecule has 0 saturated carbocycles. The van der Waals surface area contributed by atoms with Crippen molar-refractivity contribution in [3.8, 4) is 5.75 Å². The van der Waals surface area contributed by atoms with Gasteiger partial charge in [0.25, 0.3) is 0 Å². The largest absolute Gasteiger partial charge is 0.496 e. The first-order chi connectivity index (χ1) is 11.6. The van der Waals surface area contributed by atoms with Gasteiger partial charge in [-0.2, -0.15) is 0 Å². The number of rotatable bonds is 5. The molecule has 130 valence electrons. The molecule has 0 atom stereocenters. The lowest BCUT2D eigenvalue weighted by molar-refractivity contribution is 0.121. The molecule has 0 unspecified atom stereocenters. The first kappa shape index (κ1) is 17.0. The lowest BCUT2D eigenvalue weighted by Crippen LogP contribution is -2.37. The van der Waals surface area contributed by atoms with Gasteiger partial charge in [0.1, 0.15) is 5.75 Å². The van der Waals surface area contributed by atoms with Crippen molar-refractivity contribution in [3.05, 3.63) is 23.0 Å². The molecule has 8 heteroatoms. The number of hydrogen-bond donors (Lipinski definition) is 0. The van der Waals surface area contributed by atoms with Crippen LogP contribution in [0.25, 0.3) is 0 Å². The van der Waals surface area contributed by atoms with Crippen molar-refractivity contribution in [1.29, 1.82) is 0 Å². The Hall–Kier alpha value is -1.80. The van der Waals surface area contributed by atoms with Gasteiger partial charge in [0, 0.05) is 43.2 Å². The molecule has 1 saturated heterocycles. The van der Waals surface area contributed by atoms with E-state index in [0.29, 0.717) is 0 Å². The van der Waals surface area contributed by atoms with Crippen molar-refractivity contribution in [2.45, 2.75) is 24.8 Å². The van der Waals surface area contributed by atoms with Gasteiger partial charge < -0.3 is 14.4 Å². The van der Waals surface area contributed by atoms with E-state index in [1.165, 1.54) is 0 Å². The van der Waals surface area contributed by atoms with E-state index in [4.69, 9.17) is 9.47 Å². The third kappa shape index (κ3) is 3.34. The number of methoxy groups -OCH3 is 1. The Morgan fingerprint density at radius 1 is 1.25 bits per heavy atom. The lowest BCUT2D eigenvalue weighted by Gasteiger charge is -2.27. The topological polar surface area (TPSA) is 65.3 Å². The summed E-state index contributed by atoms with van der Waals surface area (Å²) in [6.07, 6.45) is 1.86. The normalized spacial score (nSPS) is 14.9. The summed E-state index contributed by atoms with van der Waals surface area (Å²) < 4.78 is 12.9. The zero-order valence-electron chi connectivity index (χ0n) is 14.6. The van der Waals surface area contributed by atoms with Crippen LogP contribution in [-0.4, -0.2) is 53.2 Å². The maximum absolute atomic E-state index is 5.47. The van der Waals surface area contributed by atoms with Gasteiger partial charge in [-0.05, 0) is 13.8 Å². The maximum Gasteiger partial charge on any atom is 0.227 e. The molecule has 0 N–H and O–H groups in total. The van der Waals surface area contributed by atoms with Gasteiger partial charge in [-0.3, -0.25) is 9.55 Å². The average molecular weight is 349 g/mol. The van der Waals surface area contributed by atoms with Crippen molar-refractivity contribution in [2.75, 3.05) is 38.3 Å². The molecule has 0 amide bonds. The Labute approximate surface area is 146 Å². The van der Waals surface area contributed by atoms with E-state index in [1.54, 1.807) is 18.9 Å². The van der Waals surface area contributed by atoms with Crippen LogP contribution in [0.4, 0.5) is 5.95 Å². The third-order valence-electron chi connectivity index (χ3n) is 4.19. The van der Waals surface area contributed by atoms with Crippen LogP contribution in [0.15, 0.2) is 11.4 Å². The summed E-state index contributed by atoms with van der Waals surface area (Å²) in [4.78, 5) is 6.75. The maximum atomic E-state index is 5.47. The average Bonchev–Trinajstić information content (AvgIpc) is 2.96. The molecular weight excluding hydrogens is 326 g/mol. The minimum Gasteiger partial charge on any atom is -0.496 e. The summed E-state index contributed by atoms with van der Waals surface area (Å²) in [5.74, 6) is 2.54. The number of nitrogens with zero attached hydrogens (tertiary/aromatic N) is 5. The smallest absolute Gasteiger partial charge is 0.227 e. The Kier molecular flexibility index (Phi) is 5.25. The lowest BCUT2D eigenvalue weighted by atomic mass is 10.1. The van der Waals surface area contributed by atoms with Crippen molar-refractivity contribution in [1.82, 2.24) is 19.7 Å². The van der Waals surface area contributed by atoms with Crippen molar-refractivity contribution >= 4 is 17.7 Å². The summed E-state index contributed by atoms with van der Waals surface area (Å²) in [7, 11) is 3.70. The van der Waals surface area contributed by atoms with E-state index in [9.17, 15) is 0 Å². The molecule has 1 aliphatic heterocycles. The molecule has 3 heterocycles. The summed E-state index contributed by atoms with van der Waals surface area (Å²) in [5, 5.41) is 9.56. The van der Waals surface area contributed by atoms with E-state index >= 15 is 0 Å². The summed E-state index contributed by atoms with van der Waals surface area (Å²) in [5.41, 5.74) is 3.15. The molecule has 2 aromatic rings. The van der Waals surface area contributed by atoms with Gasteiger partial charge in [0.05, 0.1) is 26.0 Å². The zero-order valence-corrected chi connectivity index (χ0v) is 15.4. The number of hydrogen-bond acceptors (Lipinski definition) is 7. The Morgan fingerprint density at radius 3 is 2.71 bits per heavy atom. The standard InChI is InChI=1S/C16H23N5O2S/c1-11-9-17-13(12(2)14(11)22-4)10-24-16-19-18-15(20(16)3)21-5-7-23-8-6-21/h9H,5-8,10H2,1-4H3. The number of aryl methyl sites for hydroxylation is 1. The molecule has 0 aliphatic carbocycles. The van der Waals surface area contributed by atoms with E-state index in [2.05, 4.69) is 20.1 Å². The second kappa shape index (κ2) is 7.40. The van der Waals surface area contributed by atoms with Gasteiger partial charge in [0.2, 0.25) is 5.95 Å². The molecule has 24 heavy (non-hydrogen) atoms. The van der Waals surface area contributed by atoms with Gasteiger partial charge in [-0.15, -0.1) is 10.2 Å². The fraction of sp³-hybridized carbons (Fsp3) is 0.562. The second-order valence-electron chi connectivity index (χ2n) is 5.78. The molecule has 0 spiro atoms. The van der Waals surface area contributed by atoms with Crippen LogP contribution in [0.2, 0.25) is 0 Å². The summed E-state index contributed by atoms with van der Waals surface area (Å²) >= 11 is 1.64. The number of ether oxygens (including phenoxy) is 2. The molecule has 0 radical (unpaired) electrons. The highest BCUT2D eigenvalue weighted by atomic mass is 32.2. The molecule has 3 rings (SSSR count). The monoisotopic (exact) mass is 349 g/mol. The first-order valence-electron chi connectivity index (χ1n) is 7.95. The van der Waals surface area contributed by atoms with Crippen LogP contribution in [-0.2, 0) is 17.5 Å². The van der Waals surface area contributed by atoms with E-state index < -0.39 is 0 Å². The summed E-state index contributed by atoms with van der Waals surface area (Å²) in [6, 6.07) is 0. The van der Waals surface area contributed by atoms with E-state index in [0.717, 1.165) is 65.7 Å². The van der Waals surface area contributed by atoms with Crippen molar-refractivity contribution < 1.29 is 9.47 Å². The van der Waals surface area contributed by atoms with Crippen molar-refractivity contribution in [3.63, 3.8) is 0 Å². The van der Waals surface area contributed by atoms with Gasteiger partial charge in [-0.1, -0.05) is 11.8 Å².